The molecule has 1 unspecified atom stereocenters. The van der Waals surface area contributed by atoms with Gasteiger partial charge in [-0.1, -0.05) is 6.07 Å². The zero-order valence-corrected chi connectivity index (χ0v) is 11.3. The number of nitrogens with two attached hydrogens (primary N) is 2. The first-order valence-electron chi connectivity index (χ1n) is 6.37. The average molecular weight is 278 g/mol. The van der Waals surface area contributed by atoms with Crippen molar-refractivity contribution in [3.63, 3.8) is 0 Å². The largest absolute Gasteiger partial charge is 0.393 e. The second-order valence-corrected chi connectivity index (χ2v) is 5.54. The Morgan fingerprint density at radius 3 is 2.80 bits per heavy atom. The van der Waals surface area contributed by atoms with E-state index in [1.54, 1.807) is 6.07 Å². The van der Waals surface area contributed by atoms with Crippen molar-refractivity contribution in [3.8, 4) is 0 Å². The zero-order valence-electron chi connectivity index (χ0n) is 11.3. The van der Waals surface area contributed by atoms with Crippen LogP contribution in [-0.2, 0) is 11.3 Å². The average Bonchev–Trinajstić information content (AvgIpc) is 2.74. The van der Waals surface area contributed by atoms with E-state index in [1.165, 1.54) is 12.1 Å². The molecule has 0 radical (unpaired) electrons. The van der Waals surface area contributed by atoms with E-state index in [0.717, 1.165) is 12.1 Å². The van der Waals surface area contributed by atoms with Gasteiger partial charge in [-0.15, -0.1) is 0 Å². The maximum Gasteiger partial charge on any atom is 0.292 e. The van der Waals surface area contributed by atoms with Gasteiger partial charge in [-0.3, -0.25) is 19.8 Å². The Kier molecular flexibility index (Phi) is 3.63. The van der Waals surface area contributed by atoms with Crippen molar-refractivity contribution in [2.45, 2.75) is 19.9 Å². The van der Waals surface area contributed by atoms with Crippen molar-refractivity contribution in [3.05, 3.63) is 33.9 Å². The van der Waals surface area contributed by atoms with E-state index in [0.29, 0.717) is 19.5 Å². The van der Waals surface area contributed by atoms with E-state index < -0.39 is 10.3 Å². The minimum absolute atomic E-state index is 0.0839. The van der Waals surface area contributed by atoms with E-state index in [-0.39, 0.29) is 17.3 Å². The fourth-order valence-corrected chi connectivity index (χ4v) is 2.50. The highest BCUT2D eigenvalue weighted by Crippen LogP contribution is 2.31. The van der Waals surface area contributed by atoms with Crippen LogP contribution in [0.1, 0.15) is 18.9 Å². The molecule has 1 heterocycles. The molecule has 1 aliphatic rings. The normalized spacial score (nSPS) is 22.9. The summed E-state index contributed by atoms with van der Waals surface area (Å²) >= 11 is 0. The number of nitrogens with zero attached hydrogens (tertiary/aromatic N) is 2. The highest BCUT2D eigenvalue weighted by Gasteiger charge is 2.38. The van der Waals surface area contributed by atoms with E-state index >= 15 is 0 Å². The van der Waals surface area contributed by atoms with Crippen LogP contribution in [0.3, 0.4) is 0 Å². The van der Waals surface area contributed by atoms with Gasteiger partial charge in [0, 0.05) is 19.2 Å². The first-order chi connectivity index (χ1) is 9.32. The van der Waals surface area contributed by atoms with E-state index in [1.807, 2.05) is 6.92 Å². The second-order valence-electron chi connectivity index (χ2n) is 5.54. The Bertz CT molecular complexity index is 561. The molecule has 0 saturated carbocycles. The Hall–Kier alpha value is -2.15. The lowest BCUT2D eigenvalue weighted by Gasteiger charge is -2.21. The number of carbonyl (C=O) groups excluding carboxylic acids is 1. The second kappa shape index (κ2) is 5.09. The molecule has 1 aromatic carbocycles. The van der Waals surface area contributed by atoms with Gasteiger partial charge < -0.3 is 11.5 Å². The summed E-state index contributed by atoms with van der Waals surface area (Å²) in [6, 6.07) is 4.79. The molecule has 1 atom stereocenters. The third-order valence-electron chi connectivity index (χ3n) is 3.84. The first-order valence-corrected chi connectivity index (χ1v) is 6.37. The molecule has 7 heteroatoms. The predicted octanol–water partition coefficient (Wildman–Crippen LogP) is 0.874. The SMILES string of the molecule is CC1(C(N)=O)CCN(Cc2ccc(N)c([N+](=O)[O-])c2)C1. The Balaban J connectivity index is 2.11. The summed E-state index contributed by atoms with van der Waals surface area (Å²) in [4.78, 5) is 23.8. The summed E-state index contributed by atoms with van der Waals surface area (Å²) in [5.41, 5.74) is 11.3. The Labute approximate surface area is 116 Å². The first kappa shape index (κ1) is 14.3. The van der Waals surface area contributed by atoms with Crippen LogP contribution in [0, 0.1) is 15.5 Å². The molecular formula is C13H18N4O3. The molecule has 7 nitrogen and oxygen atoms in total. The van der Waals surface area contributed by atoms with Crippen LogP contribution < -0.4 is 11.5 Å². The van der Waals surface area contributed by atoms with Crippen molar-refractivity contribution >= 4 is 17.3 Å². The van der Waals surface area contributed by atoms with E-state index in [4.69, 9.17) is 11.5 Å². The smallest absolute Gasteiger partial charge is 0.292 e. The molecule has 1 amide bonds. The summed E-state index contributed by atoms with van der Waals surface area (Å²) in [6.45, 7) is 3.71. The monoisotopic (exact) mass is 278 g/mol. The van der Waals surface area contributed by atoms with Gasteiger partial charge in [-0.25, -0.2) is 0 Å². The van der Waals surface area contributed by atoms with Crippen LogP contribution in [0.25, 0.3) is 0 Å². The number of primary amides is 1. The molecule has 108 valence electrons. The molecule has 0 bridgehead atoms. The van der Waals surface area contributed by atoms with Crippen molar-refractivity contribution in [2.75, 3.05) is 18.8 Å². The quantitative estimate of drug-likeness (QED) is 0.481. The van der Waals surface area contributed by atoms with Crippen molar-refractivity contribution in [2.24, 2.45) is 11.1 Å². The van der Waals surface area contributed by atoms with Gasteiger partial charge in [0.25, 0.3) is 5.69 Å². The van der Waals surface area contributed by atoms with Crippen LogP contribution in [0.2, 0.25) is 0 Å². The van der Waals surface area contributed by atoms with Gasteiger partial charge in [0.15, 0.2) is 0 Å². The Morgan fingerprint density at radius 1 is 1.55 bits per heavy atom. The topological polar surface area (TPSA) is 115 Å². The Morgan fingerprint density at radius 2 is 2.25 bits per heavy atom. The molecular weight excluding hydrogens is 260 g/mol. The summed E-state index contributed by atoms with van der Waals surface area (Å²) in [5.74, 6) is -0.303. The molecule has 0 aromatic heterocycles. The third kappa shape index (κ3) is 2.72. The molecule has 1 aliphatic heterocycles. The molecule has 1 saturated heterocycles. The number of anilines is 1. The maximum atomic E-state index is 11.4. The van der Waals surface area contributed by atoms with Crippen LogP contribution in [0.15, 0.2) is 18.2 Å². The van der Waals surface area contributed by atoms with E-state index in [2.05, 4.69) is 4.90 Å². The molecule has 0 spiro atoms. The van der Waals surface area contributed by atoms with Crippen molar-refractivity contribution in [1.82, 2.24) is 4.90 Å². The number of benzene rings is 1. The van der Waals surface area contributed by atoms with Crippen LogP contribution in [0.5, 0.6) is 0 Å². The van der Waals surface area contributed by atoms with Crippen LogP contribution in [-0.4, -0.2) is 28.8 Å². The van der Waals surface area contributed by atoms with Crippen LogP contribution >= 0.6 is 0 Å². The zero-order chi connectivity index (χ0) is 14.9. The van der Waals surface area contributed by atoms with Gasteiger partial charge in [0.05, 0.1) is 10.3 Å². The highest BCUT2D eigenvalue weighted by atomic mass is 16.6. The number of nitro groups is 1. The number of carbonyl (C=O) groups is 1. The third-order valence-corrected chi connectivity index (χ3v) is 3.84. The van der Waals surface area contributed by atoms with Gasteiger partial charge in [-0.05, 0) is 31.5 Å². The number of nitrogen functional groups attached to an aromatic ring is 1. The lowest BCUT2D eigenvalue weighted by Crippen LogP contribution is -2.36. The number of hydrogen-bond acceptors (Lipinski definition) is 5. The molecule has 4 N–H and O–H groups in total. The fourth-order valence-electron chi connectivity index (χ4n) is 2.50. The molecule has 0 aliphatic carbocycles. The predicted molar refractivity (Wildman–Crippen MR) is 74.7 cm³/mol. The number of likely N-dealkylation sites (tertiary alicyclic amines) is 1. The van der Waals surface area contributed by atoms with Crippen molar-refractivity contribution < 1.29 is 9.72 Å². The van der Waals surface area contributed by atoms with E-state index in [9.17, 15) is 14.9 Å². The van der Waals surface area contributed by atoms with Crippen LogP contribution in [0.4, 0.5) is 11.4 Å². The number of hydrogen-bond donors (Lipinski definition) is 2. The lowest BCUT2D eigenvalue weighted by molar-refractivity contribution is -0.384. The van der Waals surface area contributed by atoms with Crippen molar-refractivity contribution in [1.29, 1.82) is 0 Å². The standard InChI is InChI=1S/C13H18N4O3/c1-13(12(15)18)4-5-16(8-13)7-9-2-3-10(14)11(6-9)17(19)20/h2-3,6H,4-5,7-8,14H2,1H3,(H2,15,18). The summed E-state index contributed by atoms with van der Waals surface area (Å²) < 4.78 is 0. The molecule has 1 aromatic rings. The summed E-state index contributed by atoms with van der Waals surface area (Å²) in [6.07, 6.45) is 0.708. The van der Waals surface area contributed by atoms with Gasteiger partial charge in [0.2, 0.25) is 5.91 Å². The number of nitro benzene ring substituents is 1. The maximum absolute atomic E-state index is 11.4. The van der Waals surface area contributed by atoms with Gasteiger partial charge in [-0.2, -0.15) is 0 Å². The lowest BCUT2D eigenvalue weighted by atomic mass is 9.89. The highest BCUT2D eigenvalue weighted by molar-refractivity contribution is 5.81. The molecule has 20 heavy (non-hydrogen) atoms. The van der Waals surface area contributed by atoms with Gasteiger partial charge in [0.1, 0.15) is 5.69 Å². The fraction of sp³-hybridized carbons (Fsp3) is 0.462. The minimum atomic E-state index is -0.514. The molecule has 2 rings (SSSR count). The molecule has 1 fully saturated rings. The number of rotatable bonds is 4. The number of amides is 1. The summed E-state index contributed by atoms with van der Waals surface area (Å²) in [5, 5.41) is 10.9. The van der Waals surface area contributed by atoms with Gasteiger partial charge >= 0.3 is 0 Å². The summed E-state index contributed by atoms with van der Waals surface area (Å²) in [7, 11) is 0. The minimum Gasteiger partial charge on any atom is -0.393 e.